The number of rotatable bonds is 6. The maximum absolute atomic E-state index is 13.1. The number of hydrogen-bond acceptors (Lipinski definition) is 4. The third kappa shape index (κ3) is 4.90. The summed E-state index contributed by atoms with van der Waals surface area (Å²) in [5, 5.41) is 4.74. The summed E-state index contributed by atoms with van der Waals surface area (Å²) in [6, 6.07) is 11.1. The van der Waals surface area contributed by atoms with Gasteiger partial charge >= 0.3 is 0 Å². The van der Waals surface area contributed by atoms with Gasteiger partial charge in [0.25, 0.3) is 5.91 Å². The largest absolute Gasteiger partial charge is 0.376 e. The van der Waals surface area contributed by atoms with Crippen LogP contribution in [-0.4, -0.2) is 36.0 Å². The minimum atomic E-state index is -0.153. The summed E-state index contributed by atoms with van der Waals surface area (Å²) >= 11 is 1.64. The van der Waals surface area contributed by atoms with Gasteiger partial charge in [-0.25, -0.2) is 0 Å². The smallest absolute Gasteiger partial charge is 0.254 e. The molecule has 3 rings (SSSR count). The van der Waals surface area contributed by atoms with Crippen LogP contribution in [-0.2, 0) is 16.1 Å². The van der Waals surface area contributed by atoms with Gasteiger partial charge in [-0.3, -0.25) is 9.59 Å². The van der Waals surface area contributed by atoms with Crippen LogP contribution in [0.15, 0.2) is 41.8 Å². The van der Waals surface area contributed by atoms with Crippen molar-refractivity contribution >= 4 is 28.8 Å². The molecule has 2 amide bonds. The summed E-state index contributed by atoms with van der Waals surface area (Å²) in [4.78, 5) is 27.3. The molecule has 2 heterocycles. The van der Waals surface area contributed by atoms with E-state index < -0.39 is 0 Å². The molecule has 0 aliphatic carbocycles. The molecule has 1 aliphatic rings. The molecule has 5 nitrogen and oxygen atoms in total. The van der Waals surface area contributed by atoms with Crippen molar-refractivity contribution in [3.63, 3.8) is 0 Å². The fraction of sp³-hybridized carbons (Fsp3) is 0.368. The van der Waals surface area contributed by atoms with Crippen LogP contribution in [0.3, 0.4) is 0 Å². The monoisotopic (exact) mass is 358 g/mol. The number of carbonyl (C=O) groups is 2. The molecular weight excluding hydrogens is 336 g/mol. The zero-order valence-electron chi connectivity index (χ0n) is 14.2. The van der Waals surface area contributed by atoms with Crippen LogP contribution in [0.25, 0.3) is 0 Å². The van der Waals surface area contributed by atoms with Crippen molar-refractivity contribution in [3.8, 4) is 0 Å². The lowest BCUT2D eigenvalue weighted by Gasteiger charge is -2.25. The number of nitrogens with one attached hydrogen (secondary N) is 1. The quantitative estimate of drug-likeness (QED) is 0.859. The lowest BCUT2D eigenvalue weighted by molar-refractivity contribution is -0.114. The molecule has 1 aromatic heterocycles. The molecule has 1 saturated heterocycles. The Bertz CT molecular complexity index is 724. The Balaban J connectivity index is 1.78. The maximum Gasteiger partial charge on any atom is 0.254 e. The van der Waals surface area contributed by atoms with Crippen molar-refractivity contribution in [1.29, 1.82) is 0 Å². The highest BCUT2D eigenvalue weighted by Gasteiger charge is 2.24. The van der Waals surface area contributed by atoms with E-state index in [0.29, 0.717) is 24.3 Å². The second-order valence-corrected chi connectivity index (χ2v) is 7.19. The third-order valence-corrected chi connectivity index (χ3v) is 4.95. The summed E-state index contributed by atoms with van der Waals surface area (Å²) in [6.45, 7) is 3.38. The van der Waals surface area contributed by atoms with E-state index in [1.165, 1.54) is 6.92 Å². The molecule has 0 radical (unpaired) electrons. The molecule has 1 atom stereocenters. The van der Waals surface area contributed by atoms with Crippen LogP contribution in [0.5, 0.6) is 0 Å². The standard InChI is InChI=1S/C19H22N2O3S/c1-14(22)20-16-6-2-5-15(11-16)19(23)21(12-17-7-3-9-24-17)13-18-8-4-10-25-18/h2,4-6,8,10-11,17H,3,7,9,12-13H2,1H3,(H,20,22). The Morgan fingerprint density at radius 3 is 2.88 bits per heavy atom. The molecule has 1 aromatic carbocycles. The van der Waals surface area contributed by atoms with Gasteiger partial charge in [0.2, 0.25) is 5.91 Å². The molecule has 2 aromatic rings. The fourth-order valence-electron chi connectivity index (χ4n) is 2.96. The number of benzene rings is 1. The third-order valence-electron chi connectivity index (χ3n) is 4.09. The molecule has 1 unspecified atom stereocenters. The lowest BCUT2D eigenvalue weighted by atomic mass is 10.1. The number of hydrogen-bond donors (Lipinski definition) is 1. The normalized spacial score (nSPS) is 16.6. The van der Waals surface area contributed by atoms with Gasteiger partial charge in [0.05, 0.1) is 12.6 Å². The number of amides is 2. The zero-order chi connectivity index (χ0) is 17.6. The van der Waals surface area contributed by atoms with Crippen LogP contribution in [0.4, 0.5) is 5.69 Å². The summed E-state index contributed by atoms with van der Waals surface area (Å²) in [7, 11) is 0. The van der Waals surface area contributed by atoms with Crippen molar-refractivity contribution in [2.24, 2.45) is 0 Å². The average Bonchev–Trinajstić information content (AvgIpc) is 3.27. The van der Waals surface area contributed by atoms with Crippen LogP contribution < -0.4 is 5.32 Å². The minimum Gasteiger partial charge on any atom is -0.376 e. The summed E-state index contributed by atoms with van der Waals surface area (Å²) < 4.78 is 5.72. The molecule has 1 aliphatic heterocycles. The topological polar surface area (TPSA) is 58.6 Å². The predicted octanol–water partition coefficient (Wildman–Crippen LogP) is 3.53. The van der Waals surface area contributed by atoms with E-state index in [9.17, 15) is 9.59 Å². The van der Waals surface area contributed by atoms with E-state index in [0.717, 1.165) is 24.3 Å². The van der Waals surface area contributed by atoms with Gasteiger partial charge in [-0.2, -0.15) is 0 Å². The van der Waals surface area contributed by atoms with Crippen molar-refractivity contribution in [3.05, 3.63) is 52.2 Å². The molecule has 0 bridgehead atoms. The van der Waals surface area contributed by atoms with Crippen molar-refractivity contribution in [2.45, 2.75) is 32.4 Å². The molecule has 132 valence electrons. The Hall–Kier alpha value is -2.18. The van der Waals surface area contributed by atoms with Crippen molar-refractivity contribution in [1.82, 2.24) is 4.90 Å². The first kappa shape index (κ1) is 17.6. The molecule has 1 fully saturated rings. The van der Waals surface area contributed by atoms with Crippen LogP contribution in [0.1, 0.15) is 35.0 Å². The average molecular weight is 358 g/mol. The second-order valence-electron chi connectivity index (χ2n) is 6.16. The Kier molecular flexibility index (Phi) is 5.83. The molecular formula is C19H22N2O3S. The number of ether oxygens (including phenoxy) is 1. The Labute approximate surface area is 151 Å². The Morgan fingerprint density at radius 1 is 1.32 bits per heavy atom. The van der Waals surface area contributed by atoms with Gasteiger partial charge in [-0.15, -0.1) is 11.3 Å². The van der Waals surface area contributed by atoms with E-state index in [1.807, 2.05) is 22.4 Å². The van der Waals surface area contributed by atoms with E-state index >= 15 is 0 Å². The number of thiophene rings is 1. The molecule has 0 saturated carbocycles. The first-order valence-corrected chi connectivity index (χ1v) is 9.30. The van der Waals surface area contributed by atoms with Crippen molar-refractivity contribution < 1.29 is 14.3 Å². The summed E-state index contributed by atoms with van der Waals surface area (Å²) in [6.07, 6.45) is 2.13. The zero-order valence-corrected chi connectivity index (χ0v) is 15.1. The molecule has 0 spiro atoms. The highest BCUT2D eigenvalue weighted by Crippen LogP contribution is 2.20. The van der Waals surface area contributed by atoms with Crippen LogP contribution >= 0.6 is 11.3 Å². The van der Waals surface area contributed by atoms with E-state index in [1.54, 1.807) is 35.6 Å². The highest BCUT2D eigenvalue weighted by molar-refractivity contribution is 7.09. The van der Waals surface area contributed by atoms with Crippen LogP contribution in [0.2, 0.25) is 0 Å². The number of nitrogens with zero attached hydrogens (tertiary/aromatic N) is 1. The van der Waals surface area contributed by atoms with E-state index in [-0.39, 0.29) is 17.9 Å². The molecule has 1 N–H and O–H groups in total. The molecule has 25 heavy (non-hydrogen) atoms. The van der Waals surface area contributed by atoms with Gasteiger partial charge in [0.1, 0.15) is 0 Å². The first-order valence-electron chi connectivity index (χ1n) is 8.43. The van der Waals surface area contributed by atoms with Gasteiger partial charge in [-0.05, 0) is 42.5 Å². The maximum atomic E-state index is 13.1. The van der Waals surface area contributed by atoms with Crippen LogP contribution in [0, 0.1) is 0 Å². The van der Waals surface area contributed by atoms with Crippen molar-refractivity contribution in [2.75, 3.05) is 18.5 Å². The highest BCUT2D eigenvalue weighted by atomic mass is 32.1. The van der Waals surface area contributed by atoms with E-state index in [2.05, 4.69) is 5.32 Å². The molecule has 6 heteroatoms. The fourth-order valence-corrected chi connectivity index (χ4v) is 3.68. The van der Waals surface area contributed by atoms with Gasteiger partial charge < -0.3 is 15.0 Å². The predicted molar refractivity (Wildman–Crippen MR) is 98.8 cm³/mol. The van der Waals surface area contributed by atoms with Gasteiger partial charge in [0.15, 0.2) is 0 Å². The van der Waals surface area contributed by atoms with Gasteiger partial charge in [-0.1, -0.05) is 12.1 Å². The SMILES string of the molecule is CC(=O)Nc1cccc(C(=O)N(Cc2cccs2)CC2CCCO2)c1. The number of carbonyl (C=O) groups excluding carboxylic acids is 2. The van der Waals surface area contributed by atoms with Gasteiger partial charge in [0, 0.05) is 36.2 Å². The second kappa shape index (κ2) is 8.27. The lowest BCUT2D eigenvalue weighted by Crippen LogP contribution is -2.36. The number of anilines is 1. The first-order chi connectivity index (χ1) is 12.1. The van der Waals surface area contributed by atoms with E-state index in [4.69, 9.17) is 4.74 Å². The summed E-state index contributed by atoms with van der Waals surface area (Å²) in [5.41, 5.74) is 1.20. The summed E-state index contributed by atoms with van der Waals surface area (Å²) in [5.74, 6) is -0.199. The minimum absolute atomic E-state index is 0.0453. The Morgan fingerprint density at radius 2 is 2.20 bits per heavy atom.